The summed E-state index contributed by atoms with van der Waals surface area (Å²) in [6, 6.07) is -0.143. The molecule has 0 saturated carbocycles. The normalized spacial score (nSPS) is 26.8. The van der Waals surface area contributed by atoms with Gasteiger partial charge in [-0.15, -0.1) is 0 Å². The second kappa shape index (κ2) is 5.54. The lowest BCUT2D eigenvalue weighted by Crippen LogP contribution is -2.51. The van der Waals surface area contributed by atoms with Crippen LogP contribution in [0.25, 0.3) is 0 Å². The highest BCUT2D eigenvalue weighted by atomic mass is 32.2. The van der Waals surface area contributed by atoms with E-state index in [4.69, 9.17) is 5.11 Å². The average Bonchev–Trinajstić information content (AvgIpc) is 2.26. The Kier molecular flexibility index (Phi) is 4.74. The minimum absolute atomic E-state index is 0.0650. The lowest BCUT2D eigenvalue weighted by Gasteiger charge is -2.36. The molecule has 7 heteroatoms. The smallest absolute Gasteiger partial charge is 0.307 e. The van der Waals surface area contributed by atoms with E-state index in [0.29, 0.717) is 13.0 Å². The average molecular weight is 278 g/mol. The van der Waals surface area contributed by atoms with Crippen molar-refractivity contribution in [2.75, 3.05) is 20.1 Å². The van der Waals surface area contributed by atoms with Crippen LogP contribution in [0.3, 0.4) is 0 Å². The van der Waals surface area contributed by atoms with E-state index < -0.39 is 22.1 Å². The molecule has 1 saturated heterocycles. The highest BCUT2D eigenvalue weighted by Gasteiger charge is 2.37. The van der Waals surface area contributed by atoms with Gasteiger partial charge in [0.25, 0.3) is 10.2 Å². The zero-order chi connectivity index (χ0) is 14.1. The summed E-state index contributed by atoms with van der Waals surface area (Å²) in [5.74, 6) is -1.46. The molecule has 0 aromatic rings. The predicted octanol–water partition coefficient (Wildman–Crippen LogP) is 0.614. The molecular weight excluding hydrogens is 256 g/mol. The van der Waals surface area contributed by atoms with E-state index in [0.717, 1.165) is 0 Å². The molecule has 0 amide bonds. The van der Waals surface area contributed by atoms with E-state index in [2.05, 4.69) is 0 Å². The molecular formula is C11H22N2O4S. The maximum Gasteiger partial charge on any atom is 0.307 e. The summed E-state index contributed by atoms with van der Waals surface area (Å²) in [7, 11) is -2.03. The minimum atomic E-state index is -3.56. The fourth-order valence-electron chi connectivity index (χ4n) is 2.12. The van der Waals surface area contributed by atoms with Crippen molar-refractivity contribution in [3.63, 3.8) is 0 Å². The van der Waals surface area contributed by atoms with Gasteiger partial charge in [-0.1, -0.05) is 6.92 Å². The molecule has 1 heterocycles. The summed E-state index contributed by atoms with van der Waals surface area (Å²) in [5, 5.41) is 9.05. The number of hydrogen-bond acceptors (Lipinski definition) is 3. The molecule has 2 atom stereocenters. The van der Waals surface area contributed by atoms with E-state index in [1.165, 1.54) is 15.7 Å². The first kappa shape index (κ1) is 15.4. The number of aliphatic carboxylic acids is 1. The monoisotopic (exact) mass is 278 g/mol. The van der Waals surface area contributed by atoms with Gasteiger partial charge < -0.3 is 5.11 Å². The zero-order valence-corrected chi connectivity index (χ0v) is 12.1. The lowest BCUT2D eigenvalue weighted by atomic mass is 9.92. The highest BCUT2D eigenvalue weighted by Crippen LogP contribution is 2.25. The van der Waals surface area contributed by atoms with Crippen molar-refractivity contribution in [1.82, 2.24) is 8.61 Å². The summed E-state index contributed by atoms with van der Waals surface area (Å²) in [6.07, 6.45) is 0.534. The zero-order valence-electron chi connectivity index (χ0n) is 11.3. The van der Waals surface area contributed by atoms with Gasteiger partial charge in [0.05, 0.1) is 5.92 Å². The van der Waals surface area contributed by atoms with Crippen molar-refractivity contribution in [3.05, 3.63) is 0 Å². The molecule has 0 radical (unpaired) electrons. The van der Waals surface area contributed by atoms with Gasteiger partial charge in [0.15, 0.2) is 0 Å². The summed E-state index contributed by atoms with van der Waals surface area (Å²) >= 11 is 0. The van der Waals surface area contributed by atoms with Gasteiger partial charge in [-0.05, 0) is 26.2 Å². The van der Waals surface area contributed by atoms with Crippen molar-refractivity contribution >= 4 is 16.2 Å². The van der Waals surface area contributed by atoms with E-state index >= 15 is 0 Å². The molecule has 106 valence electrons. The first-order valence-corrected chi connectivity index (χ1v) is 7.51. The van der Waals surface area contributed by atoms with Gasteiger partial charge in [0.1, 0.15) is 0 Å². The Bertz CT molecular complexity index is 407. The number of piperidine rings is 1. The Morgan fingerprint density at radius 3 is 2.39 bits per heavy atom. The van der Waals surface area contributed by atoms with Gasteiger partial charge in [-0.25, -0.2) is 0 Å². The lowest BCUT2D eigenvalue weighted by molar-refractivity contribution is -0.143. The topological polar surface area (TPSA) is 77.9 Å². The summed E-state index contributed by atoms with van der Waals surface area (Å²) in [4.78, 5) is 11.0. The Morgan fingerprint density at radius 1 is 1.39 bits per heavy atom. The van der Waals surface area contributed by atoms with Crippen LogP contribution >= 0.6 is 0 Å². The van der Waals surface area contributed by atoms with Gasteiger partial charge in [0, 0.05) is 26.2 Å². The van der Waals surface area contributed by atoms with Crippen molar-refractivity contribution in [3.8, 4) is 0 Å². The molecule has 2 unspecified atom stereocenters. The molecule has 18 heavy (non-hydrogen) atoms. The van der Waals surface area contributed by atoms with Gasteiger partial charge in [-0.2, -0.15) is 17.0 Å². The van der Waals surface area contributed by atoms with E-state index in [9.17, 15) is 13.2 Å². The van der Waals surface area contributed by atoms with Crippen LogP contribution in [-0.2, 0) is 15.0 Å². The number of nitrogens with zero attached hydrogens (tertiary/aromatic N) is 2. The van der Waals surface area contributed by atoms with Crippen molar-refractivity contribution in [2.45, 2.75) is 33.2 Å². The van der Waals surface area contributed by atoms with E-state index in [1.807, 2.05) is 6.92 Å². The van der Waals surface area contributed by atoms with Gasteiger partial charge in [0.2, 0.25) is 0 Å². The second-order valence-corrected chi connectivity index (χ2v) is 7.30. The third kappa shape index (κ3) is 3.21. The van der Waals surface area contributed by atoms with Gasteiger partial charge >= 0.3 is 5.97 Å². The maximum atomic E-state index is 12.3. The van der Waals surface area contributed by atoms with Crippen molar-refractivity contribution in [2.24, 2.45) is 11.8 Å². The maximum absolute atomic E-state index is 12.3. The molecule has 6 nitrogen and oxygen atoms in total. The fourth-order valence-corrected chi connectivity index (χ4v) is 3.83. The molecule has 1 fully saturated rings. The van der Waals surface area contributed by atoms with Crippen molar-refractivity contribution < 1.29 is 18.3 Å². The largest absolute Gasteiger partial charge is 0.481 e. The molecule has 0 aliphatic carbocycles. The van der Waals surface area contributed by atoms with Crippen LogP contribution in [0.4, 0.5) is 0 Å². The summed E-state index contributed by atoms with van der Waals surface area (Å²) in [6.45, 7) is 5.93. The third-order valence-electron chi connectivity index (χ3n) is 3.39. The van der Waals surface area contributed by atoms with Crippen LogP contribution in [0.15, 0.2) is 0 Å². The van der Waals surface area contributed by atoms with Crippen LogP contribution in [0.5, 0.6) is 0 Å². The Labute approximate surface area is 109 Å². The van der Waals surface area contributed by atoms with Crippen LogP contribution in [0.1, 0.15) is 27.2 Å². The van der Waals surface area contributed by atoms with Crippen LogP contribution < -0.4 is 0 Å². The molecule has 1 aliphatic rings. The number of hydrogen-bond donors (Lipinski definition) is 1. The van der Waals surface area contributed by atoms with Crippen LogP contribution in [-0.4, -0.2) is 54.3 Å². The Morgan fingerprint density at radius 2 is 1.94 bits per heavy atom. The molecule has 0 aromatic heterocycles. The number of rotatable bonds is 4. The molecule has 0 spiro atoms. The first-order valence-electron chi connectivity index (χ1n) is 6.12. The van der Waals surface area contributed by atoms with E-state index in [-0.39, 0.29) is 18.5 Å². The third-order valence-corrected chi connectivity index (χ3v) is 5.49. The number of carboxylic acid groups (broad SMARTS) is 1. The predicted molar refractivity (Wildman–Crippen MR) is 68.3 cm³/mol. The minimum Gasteiger partial charge on any atom is -0.481 e. The van der Waals surface area contributed by atoms with E-state index in [1.54, 1.807) is 13.8 Å². The quantitative estimate of drug-likeness (QED) is 0.817. The number of carbonyl (C=O) groups is 1. The molecule has 1 aliphatic heterocycles. The molecule has 0 aromatic carbocycles. The molecule has 0 bridgehead atoms. The van der Waals surface area contributed by atoms with Crippen molar-refractivity contribution in [1.29, 1.82) is 0 Å². The Balaban J connectivity index is 2.91. The standard InChI is InChI=1S/C11H22N2O4S/c1-8(2)12(4)18(16,17)13-6-9(3)5-10(7-13)11(14)15/h8-10H,5-7H2,1-4H3,(H,14,15). The number of carboxylic acids is 1. The second-order valence-electron chi connectivity index (χ2n) is 5.31. The SMILES string of the molecule is CC1CC(C(=O)O)CN(S(=O)(=O)N(C)C(C)C)C1. The van der Waals surface area contributed by atoms with Crippen LogP contribution in [0.2, 0.25) is 0 Å². The highest BCUT2D eigenvalue weighted by molar-refractivity contribution is 7.86. The summed E-state index contributed by atoms with van der Waals surface area (Å²) in [5.41, 5.74) is 0. The molecule has 1 N–H and O–H groups in total. The van der Waals surface area contributed by atoms with Gasteiger partial charge in [-0.3, -0.25) is 4.79 Å². The fraction of sp³-hybridized carbons (Fsp3) is 0.909. The van der Waals surface area contributed by atoms with Crippen LogP contribution in [0, 0.1) is 11.8 Å². The first-order chi connectivity index (χ1) is 8.16. The molecule has 1 rings (SSSR count). The summed E-state index contributed by atoms with van der Waals surface area (Å²) < 4.78 is 27.2. The Hall–Kier alpha value is -0.660.